The quantitative estimate of drug-likeness (QED) is 0.807. The third-order valence-electron chi connectivity index (χ3n) is 3.14. The van der Waals surface area contributed by atoms with Crippen molar-refractivity contribution in [2.75, 3.05) is 5.73 Å². The van der Waals surface area contributed by atoms with E-state index in [-0.39, 0.29) is 5.78 Å². The van der Waals surface area contributed by atoms with Crippen molar-refractivity contribution in [1.29, 1.82) is 0 Å². The van der Waals surface area contributed by atoms with E-state index in [0.717, 1.165) is 30.0 Å². The van der Waals surface area contributed by atoms with Gasteiger partial charge in [-0.2, -0.15) is 0 Å². The molecule has 0 aliphatic rings. The van der Waals surface area contributed by atoms with Crippen LogP contribution in [0.2, 0.25) is 0 Å². The van der Waals surface area contributed by atoms with Crippen LogP contribution in [0.5, 0.6) is 0 Å². The van der Waals surface area contributed by atoms with Gasteiger partial charge in [-0.05, 0) is 31.0 Å². The fourth-order valence-corrected chi connectivity index (χ4v) is 2.09. The van der Waals surface area contributed by atoms with E-state index in [1.165, 1.54) is 0 Å². The lowest BCUT2D eigenvalue weighted by molar-refractivity contribution is -0.118. The summed E-state index contributed by atoms with van der Waals surface area (Å²) in [6.07, 6.45) is 5.31. The first-order valence-corrected chi connectivity index (χ1v) is 6.55. The molecule has 0 saturated heterocycles. The van der Waals surface area contributed by atoms with Crippen LogP contribution in [0.15, 0.2) is 36.7 Å². The maximum Gasteiger partial charge on any atom is 0.140 e. The predicted molar refractivity (Wildman–Crippen MR) is 75.8 cm³/mol. The second-order valence-electron chi connectivity index (χ2n) is 4.59. The topological polar surface area (TPSA) is 60.9 Å². The van der Waals surface area contributed by atoms with Crippen LogP contribution < -0.4 is 5.73 Å². The highest BCUT2D eigenvalue weighted by Crippen LogP contribution is 2.10. The number of nitrogens with zero attached hydrogens (tertiary/aromatic N) is 2. The Bertz CT molecular complexity index is 560. The number of anilines is 1. The summed E-state index contributed by atoms with van der Waals surface area (Å²) >= 11 is 0. The molecule has 0 fully saturated rings. The van der Waals surface area contributed by atoms with Gasteiger partial charge in [0.15, 0.2) is 0 Å². The number of hydrogen-bond donors (Lipinski definition) is 1. The first kappa shape index (κ1) is 13.3. The molecule has 4 heteroatoms. The molecule has 2 N–H and O–H groups in total. The summed E-state index contributed by atoms with van der Waals surface area (Å²) in [4.78, 5) is 16.2. The third kappa shape index (κ3) is 3.68. The molecular weight excluding hydrogens is 238 g/mol. The van der Waals surface area contributed by atoms with Gasteiger partial charge in [-0.3, -0.25) is 4.79 Å². The Kier molecular flexibility index (Phi) is 4.34. The summed E-state index contributed by atoms with van der Waals surface area (Å²) in [5, 5.41) is 0. The number of carbonyl (C=O) groups excluding carboxylic acids is 1. The Labute approximate surface area is 113 Å². The number of hydrogen-bond acceptors (Lipinski definition) is 3. The highest BCUT2D eigenvalue weighted by Gasteiger charge is 2.08. The van der Waals surface area contributed by atoms with Crippen LogP contribution in [0.1, 0.15) is 24.7 Å². The van der Waals surface area contributed by atoms with Gasteiger partial charge in [0.1, 0.15) is 11.6 Å². The number of carbonyl (C=O) groups is 1. The number of nitrogens with two attached hydrogens (primary N) is 1. The summed E-state index contributed by atoms with van der Waals surface area (Å²) in [5.41, 5.74) is 7.56. The molecule has 0 aliphatic heterocycles. The lowest BCUT2D eigenvalue weighted by Gasteiger charge is -2.05. The molecule has 1 heterocycles. The second-order valence-corrected chi connectivity index (χ2v) is 4.59. The van der Waals surface area contributed by atoms with Crippen molar-refractivity contribution in [3.8, 4) is 0 Å². The summed E-state index contributed by atoms with van der Waals surface area (Å²) in [6.45, 7) is 2.89. The van der Waals surface area contributed by atoms with Crippen LogP contribution in [-0.4, -0.2) is 15.3 Å². The van der Waals surface area contributed by atoms with Crippen LogP contribution in [0.3, 0.4) is 0 Å². The van der Waals surface area contributed by atoms with E-state index in [1.54, 1.807) is 6.20 Å². The monoisotopic (exact) mass is 257 g/mol. The molecule has 1 aromatic carbocycles. The van der Waals surface area contributed by atoms with Crippen LogP contribution in [-0.2, 0) is 24.2 Å². The number of rotatable bonds is 6. The molecule has 0 saturated carbocycles. The maximum absolute atomic E-state index is 12.0. The Morgan fingerprint density at radius 2 is 2.26 bits per heavy atom. The van der Waals surface area contributed by atoms with Crippen molar-refractivity contribution < 1.29 is 4.79 Å². The molecule has 2 aromatic rings. The Morgan fingerprint density at radius 1 is 1.42 bits per heavy atom. The molecule has 0 amide bonds. The van der Waals surface area contributed by atoms with Gasteiger partial charge in [-0.15, -0.1) is 0 Å². The zero-order chi connectivity index (χ0) is 13.7. The van der Waals surface area contributed by atoms with Crippen molar-refractivity contribution >= 4 is 11.5 Å². The van der Waals surface area contributed by atoms with E-state index >= 15 is 0 Å². The summed E-state index contributed by atoms with van der Waals surface area (Å²) in [7, 11) is 0. The lowest BCUT2D eigenvalue weighted by Crippen LogP contribution is -2.10. The van der Waals surface area contributed by atoms with Crippen LogP contribution in [0.4, 0.5) is 5.69 Å². The fourth-order valence-electron chi connectivity index (χ4n) is 2.09. The first-order valence-electron chi connectivity index (χ1n) is 6.55. The van der Waals surface area contributed by atoms with Crippen molar-refractivity contribution in [1.82, 2.24) is 9.55 Å². The van der Waals surface area contributed by atoms with E-state index in [0.29, 0.717) is 12.8 Å². The van der Waals surface area contributed by atoms with E-state index in [1.807, 2.05) is 42.0 Å². The molecule has 0 radical (unpaired) electrons. The van der Waals surface area contributed by atoms with Crippen molar-refractivity contribution in [3.05, 3.63) is 48.0 Å². The third-order valence-corrected chi connectivity index (χ3v) is 3.14. The molecule has 4 nitrogen and oxygen atoms in total. The number of imidazole rings is 1. The molecule has 0 unspecified atom stereocenters. The minimum atomic E-state index is 0.211. The standard InChI is InChI=1S/C15H19N3O/c1-2-18-9-8-17-15(18)11-14(19)7-6-12-4-3-5-13(16)10-12/h3-5,8-10H,2,6-7,11,16H2,1H3. The number of aryl methyl sites for hydroxylation is 2. The lowest BCUT2D eigenvalue weighted by atomic mass is 10.1. The van der Waals surface area contributed by atoms with Gasteiger partial charge in [0.25, 0.3) is 0 Å². The molecule has 1 aromatic heterocycles. The molecule has 100 valence electrons. The number of nitrogen functional groups attached to an aromatic ring is 1. The molecule has 2 rings (SSSR count). The van der Waals surface area contributed by atoms with Gasteiger partial charge in [-0.25, -0.2) is 4.98 Å². The average Bonchev–Trinajstić information content (AvgIpc) is 2.84. The number of benzene rings is 1. The van der Waals surface area contributed by atoms with E-state index in [4.69, 9.17) is 5.73 Å². The predicted octanol–water partition coefficient (Wildman–Crippen LogP) is 2.23. The summed E-state index contributed by atoms with van der Waals surface area (Å²) in [6, 6.07) is 7.68. The number of aromatic nitrogens is 2. The number of ketones is 1. The smallest absolute Gasteiger partial charge is 0.140 e. The second kappa shape index (κ2) is 6.18. The van der Waals surface area contributed by atoms with Crippen molar-refractivity contribution in [3.63, 3.8) is 0 Å². The Balaban J connectivity index is 1.88. The van der Waals surface area contributed by atoms with Gasteiger partial charge in [0, 0.05) is 31.0 Å². The van der Waals surface area contributed by atoms with E-state index < -0.39 is 0 Å². The zero-order valence-electron chi connectivity index (χ0n) is 11.2. The minimum absolute atomic E-state index is 0.211. The van der Waals surface area contributed by atoms with E-state index in [9.17, 15) is 4.79 Å². The van der Waals surface area contributed by atoms with Gasteiger partial charge in [-0.1, -0.05) is 12.1 Å². The summed E-state index contributed by atoms with van der Waals surface area (Å²) in [5.74, 6) is 1.06. The highest BCUT2D eigenvalue weighted by atomic mass is 16.1. The SMILES string of the molecule is CCn1ccnc1CC(=O)CCc1cccc(N)c1. The molecule has 19 heavy (non-hydrogen) atoms. The Morgan fingerprint density at radius 3 is 3.00 bits per heavy atom. The molecule has 0 atom stereocenters. The van der Waals surface area contributed by atoms with Crippen molar-refractivity contribution in [2.45, 2.75) is 32.7 Å². The first-order chi connectivity index (χ1) is 9.19. The van der Waals surface area contributed by atoms with E-state index in [2.05, 4.69) is 4.98 Å². The van der Waals surface area contributed by atoms with Crippen LogP contribution >= 0.6 is 0 Å². The highest BCUT2D eigenvalue weighted by molar-refractivity contribution is 5.80. The maximum atomic E-state index is 12.0. The largest absolute Gasteiger partial charge is 0.399 e. The minimum Gasteiger partial charge on any atom is -0.399 e. The van der Waals surface area contributed by atoms with Gasteiger partial charge in [0.2, 0.25) is 0 Å². The molecule has 0 aliphatic carbocycles. The normalized spacial score (nSPS) is 10.6. The van der Waals surface area contributed by atoms with Gasteiger partial charge >= 0.3 is 0 Å². The fraction of sp³-hybridized carbons (Fsp3) is 0.333. The molecule has 0 spiro atoms. The zero-order valence-corrected chi connectivity index (χ0v) is 11.2. The van der Waals surface area contributed by atoms with Gasteiger partial charge < -0.3 is 10.3 Å². The van der Waals surface area contributed by atoms with Crippen molar-refractivity contribution in [2.24, 2.45) is 0 Å². The van der Waals surface area contributed by atoms with Crippen LogP contribution in [0.25, 0.3) is 0 Å². The summed E-state index contributed by atoms with van der Waals surface area (Å²) < 4.78 is 2.00. The molecular formula is C15H19N3O. The van der Waals surface area contributed by atoms with Gasteiger partial charge in [0.05, 0.1) is 6.42 Å². The molecule has 0 bridgehead atoms. The van der Waals surface area contributed by atoms with Crippen LogP contribution in [0, 0.1) is 0 Å². The number of Topliss-reactive ketones (excluding diaryl/α,β-unsaturated/α-hetero) is 1. The average molecular weight is 257 g/mol. The Hall–Kier alpha value is -2.10.